The first kappa shape index (κ1) is 24.7. The summed E-state index contributed by atoms with van der Waals surface area (Å²) in [5.41, 5.74) is 3.27. The van der Waals surface area contributed by atoms with Crippen LogP contribution in [0, 0.1) is 12.7 Å². The highest BCUT2D eigenvalue weighted by Gasteiger charge is 2.26. The highest BCUT2D eigenvalue weighted by atomic mass is 32.1. The summed E-state index contributed by atoms with van der Waals surface area (Å²) in [6.07, 6.45) is 3.62. The van der Waals surface area contributed by atoms with Crippen LogP contribution in [0.15, 0.2) is 46.5 Å². The summed E-state index contributed by atoms with van der Waals surface area (Å²) in [5, 5.41) is 5.39. The van der Waals surface area contributed by atoms with E-state index in [0.29, 0.717) is 45.9 Å². The summed E-state index contributed by atoms with van der Waals surface area (Å²) >= 11 is 1.42. The molecule has 1 fully saturated rings. The molecule has 11 heteroatoms. The largest absolute Gasteiger partial charge is 0.496 e. The number of thiazole rings is 1. The minimum atomic E-state index is -0.419. The first-order valence-electron chi connectivity index (χ1n) is 12.5. The van der Waals surface area contributed by atoms with Gasteiger partial charge in [0, 0.05) is 38.1 Å². The Hall–Kier alpha value is -3.67. The number of aromatic nitrogens is 3. The maximum atomic E-state index is 15.1. The lowest BCUT2D eigenvalue weighted by Crippen LogP contribution is -2.38. The van der Waals surface area contributed by atoms with Crippen LogP contribution in [0.4, 0.5) is 4.39 Å². The maximum Gasteiger partial charge on any atom is 0.167 e. The van der Waals surface area contributed by atoms with Crippen molar-refractivity contribution < 1.29 is 18.6 Å². The lowest BCUT2D eigenvalue weighted by atomic mass is 10.1. The fraction of sp³-hybridized carbons (Fsp3) is 0.333. The van der Waals surface area contributed by atoms with Crippen molar-refractivity contribution in [3.8, 4) is 33.3 Å². The Bertz CT molecular complexity index is 1540. The summed E-state index contributed by atoms with van der Waals surface area (Å²) in [6, 6.07) is 8.63. The first-order chi connectivity index (χ1) is 18.6. The lowest BCUT2D eigenvalue weighted by Gasteiger charge is -2.26. The van der Waals surface area contributed by atoms with Crippen LogP contribution in [0.5, 0.6) is 11.5 Å². The second-order valence-corrected chi connectivity index (χ2v) is 9.94. The molecule has 0 unspecified atom stereocenters. The molecule has 2 aliphatic heterocycles. The summed E-state index contributed by atoms with van der Waals surface area (Å²) in [7, 11) is 1.52. The van der Waals surface area contributed by atoms with Gasteiger partial charge in [0.15, 0.2) is 5.84 Å². The molecule has 6 rings (SSSR count). The van der Waals surface area contributed by atoms with Crippen LogP contribution < -0.4 is 9.47 Å². The Kier molecular flexibility index (Phi) is 6.88. The number of halogens is 1. The van der Waals surface area contributed by atoms with Gasteiger partial charge in [-0.05, 0) is 25.1 Å². The predicted octanol–water partition coefficient (Wildman–Crippen LogP) is 4.12. The normalized spacial score (nSPS) is 15.8. The Morgan fingerprint density at radius 2 is 2.03 bits per heavy atom. The summed E-state index contributed by atoms with van der Waals surface area (Å²) in [5.74, 6) is 1.27. The van der Waals surface area contributed by atoms with E-state index in [2.05, 4.69) is 14.9 Å². The number of amidine groups is 1. The topological polar surface area (TPSA) is 85.8 Å². The van der Waals surface area contributed by atoms with Crippen molar-refractivity contribution in [2.45, 2.75) is 6.92 Å². The molecule has 0 amide bonds. The van der Waals surface area contributed by atoms with Crippen LogP contribution in [0.1, 0.15) is 10.6 Å². The molecule has 0 radical (unpaired) electrons. The quantitative estimate of drug-likeness (QED) is 0.338. The van der Waals surface area contributed by atoms with Gasteiger partial charge in [-0.25, -0.2) is 18.9 Å². The summed E-state index contributed by atoms with van der Waals surface area (Å²) in [4.78, 5) is 16.9. The number of hydrogen-bond donors (Lipinski definition) is 0. The summed E-state index contributed by atoms with van der Waals surface area (Å²) in [6.45, 7) is 7.21. The molecular weight excluding hydrogens is 507 g/mol. The molecule has 1 saturated heterocycles. The number of pyridine rings is 1. The van der Waals surface area contributed by atoms with Crippen LogP contribution >= 0.6 is 11.3 Å². The van der Waals surface area contributed by atoms with E-state index < -0.39 is 5.82 Å². The van der Waals surface area contributed by atoms with Gasteiger partial charge in [-0.2, -0.15) is 5.10 Å². The molecule has 38 heavy (non-hydrogen) atoms. The predicted molar refractivity (Wildman–Crippen MR) is 146 cm³/mol. The van der Waals surface area contributed by atoms with E-state index in [0.717, 1.165) is 55.4 Å². The molecule has 0 bridgehead atoms. The van der Waals surface area contributed by atoms with Crippen LogP contribution in [0.2, 0.25) is 0 Å². The molecule has 0 spiro atoms. The van der Waals surface area contributed by atoms with Crippen LogP contribution in [0.3, 0.4) is 0 Å². The van der Waals surface area contributed by atoms with Crippen molar-refractivity contribution >= 4 is 28.9 Å². The number of morpholine rings is 1. The molecule has 3 aromatic heterocycles. The standard InChI is InChI=1S/C27H27FN6O3S/c1-17-22(20-16-18(6-9-34(20)32-17)37-15-12-33-10-13-36-14-11-33)27-31-24(25(38-27)26-29-7-8-30-26)23-19(28)4-3-5-21(23)35-2/h3-7,9,16H,8,10-15H2,1-2H3. The van der Waals surface area contributed by atoms with Gasteiger partial charge >= 0.3 is 0 Å². The third kappa shape index (κ3) is 4.68. The van der Waals surface area contributed by atoms with Gasteiger partial charge in [0.25, 0.3) is 0 Å². The molecule has 5 heterocycles. The number of nitrogens with zero attached hydrogens (tertiary/aromatic N) is 6. The number of aliphatic imine (C=N–C) groups is 2. The molecule has 9 nitrogen and oxygen atoms in total. The van der Waals surface area contributed by atoms with Crippen molar-refractivity contribution in [1.29, 1.82) is 0 Å². The third-order valence-corrected chi connectivity index (χ3v) is 7.64. The second-order valence-electron chi connectivity index (χ2n) is 8.94. The van der Waals surface area contributed by atoms with E-state index in [1.54, 1.807) is 18.3 Å². The molecule has 2 aliphatic rings. The zero-order valence-electron chi connectivity index (χ0n) is 21.2. The third-order valence-electron chi connectivity index (χ3n) is 6.57. The van der Waals surface area contributed by atoms with Gasteiger partial charge in [0.1, 0.15) is 33.8 Å². The lowest BCUT2D eigenvalue weighted by molar-refractivity contribution is 0.0322. The van der Waals surface area contributed by atoms with Crippen LogP contribution in [0.25, 0.3) is 27.3 Å². The molecule has 0 atom stereocenters. The van der Waals surface area contributed by atoms with Gasteiger partial charge in [0.2, 0.25) is 0 Å². The zero-order valence-corrected chi connectivity index (χ0v) is 22.0. The number of aryl methyl sites for hydroxylation is 1. The van der Waals surface area contributed by atoms with E-state index in [-0.39, 0.29) is 0 Å². The Morgan fingerprint density at radius 3 is 2.82 bits per heavy atom. The van der Waals surface area contributed by atoms with E-state index in [4.69, 9.17) is 24.3 Å². The van der Waals surface area contributed by atoms with Crippen LogP contribution in [-0.2, 0) is 4.74 Å². The Balaban J connectivity index is 1.39. The average Bonchev–Trinajstić information content (AvgIpc) is 3.67. The number of fused-ring (bicyclic) bond motifs is 1. The Morgan fingerprint density at radius 1 is 1.16 bits per heavy atom. The molecule has 4 aromatic rings. The first-order valence-corrected chi connectivity index (χ1v) is 13.3. The number of ether oxygens (including phenoxy) is 3. The van der Waals surface area contributed by atoms with Crippen LogP contribution in [-0.4, -0.2) is 84.7 Å². The fourth-order valence-corrected chi connectivity index (χ4v) is 5.83. The molecule has 196 valence electrons. The maximum absolute atomic E-state index is 15.1. The van der Waals surface area contributed by atoms with Crippen molar-refractivity contribution in [2.24, 2.45) is 9.98 Å². The second kappa shape index (κ2) is 10.6. The van der Waals surface area contributed by atoms with Gasteiger partial charge in [-0.1, -0.05) is 6.07 Å². The van der Waals surface area contributed by atoms with Gasteiger partial charge in [-0.15, -0.1) is 11.3 Å². The molecule has 0 N–H and O–H groups in total. The molecule has 0 saturated carbocycles. The average molecular weight is 535 g/mol. The highest BCUT2D eigenvalue weighted by Crippen LogP contribution is 2.42. The zero-order chi connectivity index (χ0) is 26.1. The minimum absolute atomic E-state index is 0.290. The van der Waals surface area contributed by atoms with E-state index in [1.807, 2.05) is 29.8 Å². The number of rotatable bonds is 8. The molecule has 0 aliphatic carbocycles. The van der Waals surface area contributed by atoms with Crippen molar-refractivity contribution in [1.82, 2.24) is 19.5 Å². The number of hydrogen-bond acceptors (Lipinski definition) is 9. The minimum Gasteiger partial charge on any atom is -0.496 e. The molecular formula is C27H27FN6O3S. The number of benzene rings is 1. The van der Waals surface area contributed by atoms with Crippen molar-refractivity contribution in [3.63, 3.8) is 0 Å². The Labute approximate surface area is 223 Å². The SMILES string of the molecule is COc1cccc(F)c1-c1nc(-c2c(C)nn3ccc(OCCN4CCOCC4)cc23)sc1C1=NCC=N1. The van der Waals surface area contributed by atoms with Gasteiger partial charge < -0.3 is 14.2 Å². The van der Waals surface area contributed by atoms with E-state index in [9.17, 15) is 0 Å². The van der Waals surface area contributed by atoms with Gasteiger partial charge in [-0.3, -0.25) is 9.89 Å². The molecule has 1 aromatic carbocycles. The smallest absolute Gasteiger partial charge is 0.167 e. The summed E-state index contributed by atoms with van der Waals surface area (Å²) < 4.78 is 34.0. The van der Waals surface area contributed by atoms with Crippen molar-refractivity contribution in [2.75, 3.05) is 53.1 Å². The van der Waals surface area contributed by atoms with Gasteiger partial charge in [0.05, 0.1) is 54.9 Å². The monoisotopic (exact) mass is 534 g/mol. The highest BCUT2D eigenvalue weighted by molar-refractivity contribution is 7.17. The fourth-order valence-electron chi connectivity index (χ4n) is 4.69. The van der Waals surface area contributed by atoms with Crippen molar-refractivity contribution in [3.05, 3.63) is 52.9 Å². The van der Waals surface area contributed by atoms with E-state index >= 15 is 4.39 Å². The van der Waals surface area contributed by atoms with E-state index in [1.165, 1.54) is 24.5 Å². The number of methoxy groups -OCH3 is 1.